The summed E-state index contributed by atoms with van der Waals surface area (Å²) < 4.78 is 12.9. The standard InChI is InChI=1S/C13H17N3O3S/c1-7(4-12(14)17)16-9-6-11(19-3)10(18-2)5-8(9)15-13(16)20/h5-7H,4H2,1-3H3,(H2,14,17)(H,15,20). The van der Waals surface area contributed by atoms with Crippen LogP contribution in [0, 0.1) is 4.77 Å². The van der Waals surface area contributed by atoms with Crippen molar-refractivity contribution in [1.29, 1.82) is 0 Å². The topological polar surface area (TPSA) is 82.3 Å². The van der Waals surface area contributed by atoms with Crippen LogP contribution in [0.5, 0.6) is 11.5 Å². The number of carbonyl (C=O) groups is 1. The predicted octanol–water partition coefficient (Wildman–Crippen LogP) is 2.15. The summed E-state index contributed by atoms with van der Waals surface area (Å²) in [7, 11) is 3.15. The lowest BCUT2D eigenvalue weighted by atomic mass is 10.2. The minimum absolute atomic E-state index is 0.133. The van der Waals surface area contributed by atoms with E-state index in [-0.39, 0.29) is 18.4 Å². The Kier molecular flexibility index (Phi) is 3.99. The zero-order valence-electron chi connectivity index (χ0n) is 11.6. The Balaban J connectivity index is 2.63. The molecule has 2 rings (SSSR count). The maximum absolute atomic E-state index is 11.1. The second-order valence-corrected chi connectivity index (χ2v) is 4.93. The summed E-state index contributed by atoms with van der Waals surface area (Å²) in [5, 5.41) is 0. The number of benzene rings is 1. The molecule has 1 unspecified atom stereocenters. The van der Waals surface area contributed by atoms with Gasteiger partial charge in [0.05, 0.1) is 25.3 Å². The van der Waals surface area contributed by atoms with Crippen LogP contribution in [0.15, 0.2) is 12.1 Å². The van der Waals surface area contributed by atoms with E-state index in [2.05, 4.69) is 4.98 Å². The lowest BCUT2D eigenvalue weighted by Gasteiger charge is -2.14. The van der Waals surface area contributed by atoms with Crippen molar-refractivity contribution in [3.8, 4) is 11.5 Å². The number of amides is 1. The number of nitrogens with one attached hydrogen (secondary N) is 1. The molecule has 20 heavy (non-hydrogen) atoms. The first-order chi connectivity index (χ1) is 9.47. The Morgan fingerprint density at radius 3 is 2.55 bits per heavy atom. The number of aromatic nitrogens is 2. The highest BCUT2D eigenvalue weighted by atomic mass is 32.1. The molecule has 0 aliphatic carbocycles. The van der Waals surface area contributed by atoms with E-state index in [1.807, 2.05) is 23.6 Å². The van der Waals surface area contributed by atoms with E-state index in [1.165, 1.54) is 0 Å². The minimum Gasteiger partial charge on any atom is -0.493 e. The first kappa shape index (κ1) is 14.4. The summed E-state index contributed by atoms with van der Waals surface area (Å²) >= 11 is 5.31. The Labute approximate surface area is 121 Å². The molecule has 0 saturated carbocycles. The number of hydrogen-bond donors (Lipinski definition) is 2. The molecule has 108 valence electrons. The third-order valence-electron chi connectivity index (χ3n) is 3.16. The number of primary amides is 1. The number of nitrogens with two attached hydrogens (primary N) is 1. The molecule has 1 amide bonds. The molecule has 3 N–H and O–H groups in total. The molecule has 1 heterocycles. The van der Waals surface area contributed by atoms with Crippen molar-refractivity contribution < 1.29 is 14.3 Å². The Morgan fingerprint density at radius 2 is 2.00 bits per heavy atom. The van der Waals surface area contributed by atoms with Gasteiger partial charge in [-0.2, -0.15) is 0 Å². The molecular weight excluding hydrogens is 278 g/mol. The number of ether oxygens (including phenoxy) is 2. The van der Waals surface area contributed by atoms with Crippen LogP contribution in [0.4, 0.5) is 0 Å². The van der Waals surface area contributed by atoms with Crippen LogP contribution in [0.1, 0.15) is 19.4 Å². The minimum atomic E-state index is -0.366. The number of carbonyl (C=O) groups excluding carboxylic acids is 1. The van der Waals surface area contributed by atoms with E-state index in [0.29, 0.717) is 16.3 Å². The quantitative estimate of drug-likeness (QED) is 0.828. The van der Waals surface area contributed by atoms with Crippen molar-refractivity contribution in [3.05, 3.63) is 16.9 Å². The molecule has 6 nitrogen and oxygen atoms in total. The zero-order valence-corrected chi connectivity index (χ0v) is 12.4. The van der Waals surface area contributed by atoms with E-state index < -0.39 is 0 Å². The number of imidazole rings is 1. The van der Waals surface area contributed by atoms with Crippen molar-refractivity contribution in [2.24, 2.45) is 5.73 Å². The first-order valence-corrected chi connectivity index (χ1v) is 6.53. The Morgan fingerprint density at radius 1 is 1.40 bits per heavy atom. The molecule has 7 heteroatoms. The molecule has 0 saturated heterocycles. The van der Waals surface area contributed by atoms with Crippen molar-refractivity contribution in [3.63, 3.8) is 0 Å². The number of hydrogen-bond acceptors (Lipinski definition) is 4. The predicted molar refractivity (Wildman–Crippen MR) is 78.7 cm³/mol. The third kappa shape index (κ3) is 2.49. The third-order valence-corrected chi connectivity index (χ3v) is 3.46. The van der Waals surface area contributed by atoms with Crippen molar-refractivity contribution >= 4 is 29.2 Å². The Bertz CT molecular complexity index is 705. The van der Waals surface area contributed by atoms with Gasteiger partial charge in [-0.05, 0) is 19.1 Å². The second kappa shape index (κ2) is 5.54. The van der Waals surface area contributed by atoms with Crippen LogP contribution in [0.3, 0.4) is 0 Å². The smallest absolute Gasteiger partial charge is 0.219 e. The van der Waals surface area contributed by atoms with E-state index in [4.69, 9.17) is 27.4 Å². The van der Waals surface area contributed by atoms with Crippen molar-refractivity contribution in [1.82, 2.24) is 9.55 Å². The van der Waals surface area contributed by atoms with E-state index in [1.54, 1.807) is 14.2 Å². The molecule has 1 atom stereocenters. The fraction of sp³-hybridized carbons (Fsp3) is 0.385. The molecule has 2 aromatic rings. The van der Waals surface area contributed by atoms with Gasteiger partial charge in [0, 0.05) is 24.6 Å². The SMILES string of the molecule is COc1cc2[nH]c(=S)n(C(C)CC(N)=O)c2cc1OC. The summed E-state index contributed by atoms with van der Waals surface area (Å²) in [5.41, 5.74) is 6.93. The van der Waals surface area contributed by atoms with Gasteiger partial charge in [-0.1, -0.05) is 0 Å². The summed E-state index contributed by atoms with van der Waals surface area (Å²) in [4.78, 5) is 14.2. The highest BCUT2D eigenvalue weighted by molar-refractivity contribution is 7.71. The normalized spacial score (nSPS) is 12.3. The van der Waals surface area contributed by atoms with Crippen LogP contribution in [0.2, 0.25) is 0 Å². The van der Waals surface area contributed by atoms with Gasteiger partial charge in [-0.15, -0.1) is 0 Å². The molecule has 1 aromatic carbocycles. The fourth-order valence-electron chi connectivity index (χ4n) is 2.27. The molecule has 1 aromatic heterocycles. The number of fused-ring (bicyclic) bond motifs is 1. The number of rotatable bonds is 5. The summed E-state index contributed by atoms with van der Waals surface area (Å²) in [6, 6.07) is 3.52. The van der Waals surface area contributed by atoms with Gasteiger partial charge in [0.15, 0.2) is 16.3 Å². The second-order valence-electron chi connectivity index (χ2n) is 4.54. The van der Waals surface area contributed by atoms with Gasteiger partial charge in [0.25, 0.3) is 0 Å². The first-order valence-electron chi connectivity index (χ1n) is 6.12. The number of H-pyrrole nitrogens is 1. The average Bonchev–Trinajstić information content (AvgIpc) is 2.70. The van der Waals surface area contributed by atoms with Gasteiger partial charge < -0.3 is 24.8 Å². The van der Waals surface area contributed by atoms with E-state index >= 15 is 0 Å². The molecule has 0 spiro atoms. The molecule has 0 aliphatic rings. The Hall–Kier alpha value is -2.02. The lowest BCUT2D eigenvalue weighted by molar-refractivity contribution is -0.118. The maximum atomic E-state index is 11.1. The molecule has 0 fully saturated rings. The van der Waals surface area contributed by atoms with E-state index in [0.717, 1.165) is 11.0 Å². The summed E-state index contributed by atoms with van der Waals surface area (Å²) in [6.45, 7) is 1.89. The van der Waals surface area contributed by atoms with Gasteiger partial charge in [-0.3, -0.25) is 4.79 Å². The van der Waals surface area contributed by atoms with Crippen molar-refractivity contribution in [2.45, 2.75) is 19.4 Å². The van der Waals surface area contributed by atoms with Crippen molar-refractivity contribution in [2.75, 3.05) is 14.2 Å². The fourth-order valence-corrected chi connectivity index (χ4v) is 2.66. The molecule has 0 bridgehead atoms. The highest BCUT2D eigenvalue weighted by Gasteiger charge is 2.16. The molecule has 0 radical (unpaired) electrons. The van der Waals surface area contributed by atoms with Gasteiger partial charge in [-0.25, -0.2) is 0 Å². The average molecular weight is 295 g/mol. The summed E-state index contributed by atoms with van der Waals surface area (Å²) in [6.07, 6.45) is 0.218. The van der Waals surface area contributed by atoms with Crippen LogP contribution < -0.4 is 15.2 Å². The maximum Gasteiger partial charge on any atom is 0.219 e. The molecule has 0 aliphatic heterocycles. The highest BCUT2D eigenvalue weighted by Crippen LogP contribution is 2.33. The lowest BCUT2D eigenvalue weighted by Crippen LogP contribution is -2.17. The van der Waals surface area contributed by atoms with Crippen LogP contribution in [-0.4, -0.2) is 29.7 Å². The van der Waals surface area contributed by atoms with Crippen LogP contribution in [-0.2, 0) is 4.79 Å². The zero-order chi connectivity index (χ0) is 14.9. The van der Waals surface area contributed by atoms with Crippen LogP contribution in [0.25, 0.3) is 11.0 Å². The number of nitrogens with zero attached hydrogens (tertiary/aromatic N) is 1. The van der Waals surface area contributed by atoms with Gasteiger partial charge >= 0.3 is 0 Å². The molecular formula is C13H17N3O3S. The largest absolute Gasteiger partial charge is 0.493 e. The van der Waals surface area contributed by atoms with Crippen LogP contribution >= 0.6 is 12.2 Å². The summed E-state index contributed by atoms with van der Waals surface area (Å²) in [5.74, 6) is 0.856. The van der Waals surface area contributed by atoms with Gasteiger partial charge in [0.1, 0.15) is 0 Å². The van der Waals surface area contributed by atoms with E-state index in [9.17, 15) is 4.79 Å². The number of aromatic amines is 1. The monoisotopic (exact) mass is 295 g/mol. The number of methoxy groups -OCH3 is 2. The van der Waals surface area contributed by atoms with Gasteiger partial charge in [0.2, 0.25) is 5.91 Å².